The molecule has 0 unspecified atom stereocenters. The fraction of sp³-hybridized carbons (Fsp3) is 0.385. The Bertz CT molecular complexity index is 1340. The third-order valence-corrected chi connectivity index (χ3v) is 6.83. The van der Waals surface area contributed by atoms with Gasteiger partial charge in [0, 0.05) is 26.2 Å². The minimum atomic E-state index is -5.08. The Balaban J connectivity index is 0.000000289. The molecule has 10 nitrogen and oxygen atoms in total. The summed E-state index contributed by atoms with van der Waals surface area (Å²) in [5.74, 6) is -3.99. The van der Waals surface area contributed by atoms with Crippen molar-refractivity contribution in [3.05, 3.63) is 66.5 Å². The van der Waals surface area contributed by atoms with Crippen LogP contribution >= 0.6 is 0 Å². The van der Waals surface area contributed by atoms with Crippen molar-refractivity contribution in [2.75, 3.05) is 26.7 Å². The average molecular weight is 605 g/mol. The second kappa shape index (κ2) is 12.7. The van der Waals surface area contributed by atoms with Gasteiger partial charge in [0.15, 0.2) is 5.76 Å². The van der Waals surface area contributed by atoms with Gasteiger partial charge in [0.05, 0.1) is 23.7 Å². The van der Waals surface area contributed by atoms with E-state index in [2.05, 4.69) is 40.8 Å². The molecule has 1 amide bonds. The first-order valence-electron chi connectivity index (χ1n) is 12.3. The number of piperidine rings is 1. The lowest BCUT2D eigenvalue weighted by Gasteiger charge is -2.49. The molecule has 0 bridgehead atoms. The number of aliphatic carboxylic acids is 2. The summed E-state index contributed by atoms with van der Waals surface area (Å²) < 4.78 is 71.1. The van der Waals surface area contributed by atoms with E-state index < -0.39 is 24.3 Å². The van der Waals surface area contributed by atoms with E-state index in [4.69, 9.17) is 29.2 Å². The number of likely N-dealkylation sites (N-methyl/N-ethyl adjacent to an activating group) is 1. The van der Waals surface area contributed by atoms with Crippen LogP contribution in [0.1, 0.15) is 29.2 Å². The van der Waals surface area contributed by atoms with Crippen LogP contribution in [0.25, 0.3) is 11.3 Å². The lowest BCUT2D eigenvalue weighted by atomic mass is 9.83. The SMILES string of the molecule is CN1CCn2c(-c3ccccc3)cnc2C12CCN(C(=O)c1ccco1)CC2.O=C(O)C(F)(F)F.O=C(O)C(F)(F)F. The number of hydrogen-bond donors (Lipinski definition) is 2. The first-order chi connectivity index (χ1) is 19.6. The van der Waals surface area contributed by atoms with Crippen LogP contribution in [-0.2, 0) is 21.7 Å². The summed E-state index contributed by atoms with van der Waals surface area (Å²) in [6, 6.07) is 13.9. The summed E-state index contributed by atoms with van der Waals surface area (Å²) in [6.45, 7) is 3.33. The standard InChI is InChI=1S/C22H24N4O2.2C2HF3O2/c1-24-13-14-26-18(17-6-3-2-4-7-17)16-23-21(26)22(24)9-11-25(12-10-22)20(27)19-8-5-15-28-19;2*3-2(4,5)1(6)7/h2-8,15-16H,9-14H2,1H3;2*(H,6,7). The fourth-order valence-electron chi connectivity index (χ4n) is 4.69. The van der Waals surface area contributed by atoms with E-state index >= 15 is 0 Å². The van der Waals surface area contributed by atoms with E-state index in [0.717, 1.165) is 31.8 Å². The number of halogens is 6. The molecule has 3 aromatic rings. The Labute approximate surface area is 234 Å². The van der Waals surface area contributed by atoms with E-state index in [1.165, 1.54) is 11.3 Å². The highest BCUT2D eigenvalue weighted by atomic mass is 19.4. The highest BCUT2D eigenvalue weighted by molar-refractivity contribution is 5.91. The number of carbonyl (C=O) groups is 3. The molecule has 0 aliphatic carbocycles. The fourth-order valence-corrected chi connectivity index (χ4v) is 4.69. The molecule has 228 valence electrons. The highest BCUT2D eigenvalue weighted by Gasteiger charge is 2.46. The maximum absolute atomic E-state index is 12.6. The molecule has 1 saturated heterocycles. The number of carboxylic acids is 2. The van der Waals surface area contributed by atoms with E-state index in [0.29, 0.717) is 18.8 Å². The van der Waals surface area contributed by atoms with Crippen LogP contribution in [0.2, 0.25) is 0 Å². The van der Waals surface area contributed by atoms with Gasteiger partial charge in [-0.05, 0) is 37.6 Å². The predicted molar refractivity (Wildman–Crippen MR) is 133 cm³/mol. The first-order valence-corrected chi connectivity index (χ1v) is 12.3. The maximum atomic E-state index is 12.6. The van der Waals surface area contributed by atoms with Gasteiger partial charge in [0.2, 0.25) is 0 Å². The molecule has 1 aromatic carbocycles. The van der Waals surface area contributed by atoms with Gasteiger partial charge in [-0.25, -0.2) is 14.6 Å². The number of benzene rings is 1. The second-order valence-corrected chi connectivity index (χ2v) is 9.31. The molecule has 0 atom stereocenters. The summed E-state index contributed by atoms with van der Waals surface area (Å²) in [5, 5.41) is 14.2. The number of furan rings is 1. The van der Waals surface area contributed by atoms with Gasteiger partial charge in [0.25, 0.3) is 5.91 Å². The number of alkyl halides is 6. The van der Waals surface area contributed by atoms with Gasteiger partial charge in [-0.2, -0.15) is 26.3 Å². The zero-order valence-corrected chi connectivity index (χ0v) is 22.0. The number of carbonyl (C=O) groups excluding carboxylic acids is 1. The third-order valence-electron chi connectivity index (χ3n) is 6.83. The molecule has 42 heavy (non-hydrogen) atoms. The largest absolute Gasteiger partial charge is 0.490 e. The summed E-state index contributed by atoms with van der Waals surface area (Å²) >= 11 is 0. The van der Waals surface area contributed by atoms with Crippen molar-refractivity contribution in [3.8, 4) is 11.3 Å². The minimum Gasteiger partial charge on any atom is -0.475 e. The van der Waals surface area contributed by atoms with Crippen molar-refractivity contribution in [2.24, 2.45) is 0 Å². The molecule has 1 spiro atoms. The van der Waals surface area contributed by atoms with Crippen LogP contribution in [0.3, 0.4) is 0 Å². The molecule has 0 radical (unpaired) electrons. The van der Waals surface area contributed by atoms with Crippen LogP contribution in [0.5, 0.6) is 0 Å². The van der Waals surface area contributed by atoms with Crippen LogP contribution in [0, 0.1) is 0 Å². The number of aromatic nitrogens is 2. The smallest absolute Gasteiger partial charge is 0.475 e. The van der Waals surface area contributed by atoms with Gasteiger partial charge in [0.1, 0.15) is 5.82 Å². The number of fused-ring (bicyclic) bond motifs is 2. The third kappa shape index (κ3) is 7.29. The highest BCUT2D eigenvalue weighted by Crippen LogP contribution is 2.41. The summed E-state index contributed by atoms with van der Waals surface area (Å²) in [5.41, 5.74) is 2.26. The second-order valence-electron chi connectivity index (χ2n) is 9.31. The summed E-state index contributed by atoms with van der Waals surface area (Å²) in [4.78, 5) is 39.6. The van der Waals surface area contributed by atoms with Gasteiger partial charge in [-0.15, -0.1) is 0 Å². The van der Waals surface area contributed by atoms with Crippen molar-refractivity contribution in [1.29, 1.82) is 0 Å². The molecular formula is C26H26F6N4O6. The number of nitrogens with zero attached hydrogens (tertiary/aromatic N) is 4. The van der Waals surface area contributed by atoms with Crippen molar-refractivity contribution in [2.45, 2.75) is 37.3 Å². The Morgan fingerprint density at radius 2 is 1.40 bits per heavy atom. The van der Waals surface area contributed by atoms with Crippen molar-refractivity contribution in [1.82, 2.24) is 19.4 Å². The molecule has 1 fully saturated rings. The Morgan fingerprint density at radius 1 is 0.857 bits per heavy atom. The van der Waals surface area contributed by atoms with Gasteiger partial charge in [-0.1, -0.05) is 30.3 Å². The molecule has 2 aromatic heterocycles. The van der Waals surface area contributed by atoms with Gasteiger partial charge in [-0.3, -0.25) is 9.69 Å². The number of rotatable bonds is 2. The monoisotopic (exact) mass is 604 g/mol. The van der Waals surface area contributed by atoms with Crippen molar-refractivity contribution >= 4 is 17.8 Å². The van der Waals surface area contributed by atoms with E-state index in [9.17, 15) is 31.1 Å². The average Bonchev–Trinajstić information content (AvgIpc) is 3.62. The molecule has 4 heterocycles. The van der Waals surface area contributed by atoms with Gasteiger partial charge < -0.3 is 24.1 Å². The number of carboxylic acid groups (broad SMARTS) is 2. The first kappa shape index (κ1) is 32.2. The van der Waals surface area contributed by atoms with E-state index in [1.54, 1.807) is 18.4 Å². The van der Waals surface area contributed by atoms with Crippen LogP contribution in [0.15, 0.2) is 59.3 Å². The number of hydrogen-bond acceptors (Lipinski definition) is 6. The quantitative estimate of drug-likeness (QED) is 0.410. The molecular weight excluding hydrogens is 578 g/mol. The summed E-state index contributed by atoms with van der Waals surface area (Å²) in [6.07, 6.45) is -4.86. The topological polar surface area (TPSA) is 129 Å². The zero-order chi connectivity index (χ0) is 31.3. The lowest BCUT2D eigenvalue weighted by molar-refractivity contribution is -0.193. The molecule has 2 aliphatic heterocycles. The molecule has 0 saturated carbocycles. The van der Waals surface area contributed by atoms with Crippen LogP contribution in [0.4, 0.5) is 26.3 Å². The normalized spacial score (nSPS) is 16.4. The van der Waals surface area contributed by atoms with E-state index in [-0.39, 0.29) is 11.4 Å². The number of likely N-dealkylation sites (tertiary alicyclic amines) is 1. The molecule has 16 heteroatoms. The maximum Gasteiger partial charge on any atom is 0.490 e. The van der Waals surface area contributed by atoms with Gasteiger partial charge >= 0.3 is 24.3 Å². The molecule has 2 aliphatic rings. The number of imidazole rings is 1. The zero-order valence-electron chi connectivity index (χ0n) is 22.0. The minimum absolute atomic E-state index is 0.0216. The number of amides is 1. The lowest BCUT2D eigenvalue weighted by Crippen LogP contribution is -2.57. The van der Waals surface area contributed by atoms with Crippen molar-refractivity contribution in [3.63, 3.8) is 0 Å². The Kier molecular flexibility index (Phi) is 9.71. The Hall–Kier alpha value is -4.34. The van der Waals surface area contributed by atoms with Crippen molar-refractivity contribution < 1.29 is 55.4 Å². The predicted octanol–water partition coefficient (Wildman–Crippen LogP) is 4.49. The van der Waals surface area contributed by atoms with E-state index in [1.807, 2.05) is 17.2 Å². The Morgan fingerprint density at radius 3 is 1.88 bits per heavy atom. The molecule has 2 N–H and O–H groups in total. The van der Waals surface area contributed by atoms with Crippen LogP contribution < -0.4 is 0 Å². The van der Waals surface area contributed by atoms with Crippen LogP contribution in [-0.4, -0.2) is 86.4 Å². The summed E-state index contributed by atoms with van der Waals surface area (Å²) in [7, 11) is 2.18. The molecule has 5 rings (SSSR count).